The highest BCUT2D eigenvalue weighted by Crippen LogP contribution is 2.18. The number of carbonyl (C=O) groups excluding carboxylic acids is 1. The lowest BCUT2D eigenvalue weighted by Crippen LogP contribution is -2.45. The first-order valence-electron chi connectivity index (χ1n) is 6.25. The van der Waals surface area contributed by atoms with Crippen molar-refractivity contribution < 1.29 is 14.3 Å². The highest BCUT2D eigenvalue weighted by molar-refractivity contribution is 5.76. The molecule has 2 N–H and O–H groups in total. The van der Waals surface area contributed by atoms with Crippen LogP contribution in [0.3, 0.4) is 0 Å². The summed E-state index contributed by atoms with van der Waals surface area (Å²) in [5, 5.41) is 12.6. The molecule has 0 aromatic carbocycles. The summed E-state index contributed by atoms with van der Waals surface area (Å²) in [5.74, 6) is 0.816. The number of aliphatic hydroxyl groups excluding tert-OH is 1. The van der Waals surface area contributed by atoms with E-state index in [2.05, 4.69) is 5.32 Å². The number of aliphatic hydroxyl groups is 1. The first-order valence-corrected chi connectivity index (χ1v) is 6.25. The van der Waals surface area contributed by atoms with Gasteiger partial charge >= 0.3 is 0 Å². The van der Waals surface area contributed by atoms with Gasteiger partial charge in [-0.3, -0.25) is 4.79 Å². The van der Waals surface area contributed by atoms with Crippen LogP contribution in [0.25, 0.3) is 0 Å². The molecule has 4 heteroatoms. The number of rotatable bonds is 4. The minimum absolute atomic E-state index is 0.00708. The maximum absolute atomic E-state index is 11.7. The third-order valence-electron chi connectivity index (χ3n) is 3.25. The molecule has 94 valence electrons. The number of carbonyl (C=O) groups is 1. The number of nitrogens with one attached hydrogen (secondary N) is 1. The fraction of sp³-hybridized carbons (Fsp3) is 0.615. The number of furan rings is 1. The van der Waals surface area contributed by atoms with E-state index in [4.69, 9.17) is 4.42 Å². The Morgan fingerprint density at radius 3 is 3.00 bits per heavy atom. The Bertz CT molecular complexity index is 348. The van der Waals surface area contributed by atoms with E-state index in [0.717, 1.165) is 31.4 Å². The molecular formula is C13H19NO3. The normalized spacial score (nSPS) is 24.5. The Balaban J connectivity index is 1.73. The van der Waals surface area contributed by atoms with Crippen molar-refractivity contribution in [2.24, 2.45) is 0 Å². The first kappa shape index (κ1) is 12.2. The molecule has 2 atom stereocenters. The van der Waals surface area contributed by atoms with Crippen molar-refractivity contribution in [3.05, 3.63) is 24.2 Å². The Hall–Kier alpha value is -1.29. The first-order chi connectivity index (χ1) is 8.25. The topological polar surface area (TPSA) is 62.5 Å². The zero-order valence-corrected chi connectivity index (χ0v) is 9.89. The van der Waals surface area contributed by atoms with Crippen LogP contribution in [0.2, 0.25) is 0 Å². The molecule has 0 aliphatic heterocycles. The molecule has 4 nitrogen and oxygen atoms in total. The second-order valence-electron chi connectivity index (χ2n) is 4.61. The molecule has 0 saturated heterocycles. The van der Waals surface area contributed by atoms with E-state index >= 15 is 0 Å². The Morgan fingerprint density at radius 1 is 1.47 bits per heavy atom. The van der Waals surface area contributed by atoms with Crippen LogP contribution in [-0.4, -0.2) is 23.2 Å². The molecule has 17 heavy (non-hydrogen) atoms. The monoisotopic (exact) mass is 237 g/mol. The summed E-state index contributed by atoms with van der Waals surface area (Å²) in [4.78, 5) is 11.7. The van der Waals surface area contributed by atoms with Gasteiger partial charge in [-0.05, 0) is 25.0 Å². The van der Waals surface area contributed by atoms with Crippen molar-refractivity contribution in [2.75, 3.05) is 0 Å². The van der Waals surface area contributed by atoms with E-state index in [9.17, 15) is 9.90 Å². The average molecular weight is 237 g/mol. The fourth-order valence-corrected chi connectivity index (χ4v) is 2.25. The van der Waals surface area contributed by atoms with E-state index in [1.54, 1.807) is 6.26 Å². The lowest BCUT2D eigenvalue weighted by molar-refractivity contribution is -0.123. The number of hydrogen-bond acceptors (Lipinski definition) is 3. The Morgan fingerprint density at radius 2 is 2.29 bits per heavy atom. The molecular weight excluding hydrogens is 218 g/mol. The van der Waals surface area contributed by atoms with Crippen LogP contribution in [0.15, 0.2) is 22.8 Å². The van der Waals surface area contributed by atoms with Crippen LogP contribution in [0.1, 0.15) is 37.9 Å². The van der Waals surface area contributed by atoms with Gasteiger partial charge in [-0.25, -0.2) is 0 Å². The van der Waals surface area contributed by atoms with Gasteiger partial charge in [-0.1, -0.05) is 12.8 Å². The SMILES string of the molecule is O=C(CCc1ccco1)N[C@H]1CCCC[C@@H]1O. The van der Waals surface area contributed by atoms with Gasteiger partial charge in [0.05, 0.1) is 18.4 Å². The van der Waals surface area contributed by atoms with E-state index in [1.807, 2.05) is 12.1 Å². The van der Waals surface area contributed by atoms with Crippen molar-refractivity contribution in [3.8, 4) is 0 Å². The molecule has 1 saturated carbocycles. The smallest absolute Gasteiger partial charge is 0.220 e. The Kier molecular flexibility index (Phi) is 4.20. The van der Waals surface area contributed by atoms with Crippen LogP contribution in [0.4, 0.5) is 0 Å². The van der Waals surface area contributed by atoms with Crippen LogP contribution in [-0.2, 0) is 11.2 Å². The average Bonchev–Trinajstić information content (AvgIpc) is 2.82. The standard InChI is InChI=1S/C13H19NO3/c15-12-6-2-1-5-11(12)14-13(16)8-7-10-4-3-9-17-10/h3-4,9,11-12,15H,1-2,5-8H2,(H,14,16)/t11-,12-/m0/s1. The van der Waals surface area contributed by atoms with Crippen molar-refractivity contribution >= 4 is 5.91 Å². The second kappa shape index (κ2) is 5.87. The third kappa shape index (κ3) is 3.60. The van der Waals surface area contributed by atoms with Gasteiger partial charge in [0.25, 0.3) is 0 Å². The van der Waals surface area contributed by atoms with Gasteiger partial charge in [0.2, 0.25) is 5.91 Å². The highest BCUT2D eigenvalue weighted by atomic mass is 16.3. The molecule has 1 heterocycles. The molecule has 1 amide bonds. The summed E-state index contributed by atoms with van der Waals surface area (Å²) >= 11 is 0. The lowest BCUT2D eigenvalue weighted by Gasteiger charge is -2.28. The predicted molar refractivity (Wildman–Crippen MR) is 63.4 cm³/mol. The summed E-state index contributed by atoms with van der Waals surface area (Å²) in [6, 6.07) is 3.62. The lowest BCUT2D eigenvalue weighted by atomic mass is 9.92. The van der Waals surface area contributed by atoms with Crippen LogP contribution in [0, 0.1) is 0 Å². The molecule has 0 spiro atoms. The minimum Gasteiger partial charge on any atom is -0.469 e. The molecule has 1 aliphatic rings. The molecule has 2 rings (SSSR count). The van der Waals surface area contributed by atoms with Gasteiger partial charge in [-0.2, -0.15) is 0 Å². The van der Waals surface area contributed by atoms with Crippen molar-refractivity contribution in [1.29, 1.82) is 0 Å². The summed E-state index contributed by atoms with van der Waals surface area (Å²) < 4.78 is 5.17. The van der Waals surface area contributed by atoms with Crippen molar-refractivity contribution in [3.63, 3.8) is 0 Å². The molecule has 1 aliphatic carbocycles. The predicted octanol–water partition coefficient (Wildman–Crippen LogP) is 1.63. The minimum atomic E-state index is -0.378. The van der Waals surface area contributed by atoms with Gasteiger partial charge in [0.1, 0.15) is 5.76 Å². The molecule has 1 fully saturated rings. The van der Waals surface area contributed by atoms with E-state index in [-0.39, 0.29) is 18.1 Å². The Labute approximate surface area is 101 Å². The zero-order valence-electron chi connectivity index (χ0n) is 9.89. The van der Waals surface area contributed by atoms with Crippen LogP contribution in [0.5, 0.6) is 0 Å². The number of amides is 1. The molecule has 1 aromatic rings. The number of aryl methyl sites for hydroxylation is 1. The molecule has 0 unspecified atom stereocenters. The second-order valence-corrected chi connectivity index (χ2v) is 4.61. The van der Waals surface area contributed by atoms with Gasteiger partial charge in [0.15, 0.2) is 0 Å². The highest BCUT2D eigenvalue weighted by Gasteiger charge is 2.24. The van der Waals surface area contributed by atoms with Crippen molar-refractivity contribution in [1.82, 2.24) is 5.32 Å². The fourth-order valence-electron chi connectivity index (χ4n) is 2.25. The maximum Gasteiger partial charge on any atom is 0.220 e. The zero-order chi connectivity index (χ0) is 12.1. The largest absolute Gasteiger partial charge is 0.469 e. The van der Waals surface area contributed by atoms with Crippen molar-refractivity contribution in [2.45, 2.75) is 50.7 Å². The van der Waals surface area contributed by atoms with Crippen LogP contribution < -0.4 is 5.32 Å². The molecule has 0 bridgehead atoms. The van der Waals surface area contributed by atoms with E-state index < -0.39 is 0 Å². The number of hydrogen-bond donors (Lipinski definition) is 2. The van der Waals surface area contributed by atoms with E-state index in [0.29, 0.717) is 12.8 Å². The van der Waals surface area contributed by atoms with Gasteiger partial charge in [-0.15, -0.1) is 0 Å². The maximum atomic E-state index is 11.7. The summed E-state index contributed by atoms with van der Waals surface area (Å²) in [6.45, 7) is 0. The quantitative estimate of drug-likeness (QED) is 0.836. The summed E-state index contributed by atoms with van der Waals surface area (Å²) in [7, 11) is 0. The molecule has 0 radical (unpaired) electrons. The summed E-state index contributed by atoms with van der Waals surface area (Å²) in [6.07, 6.45) is 6.07. The summed E-state index contributed by atoms with van der Waals surface area (Å²) in [5.41, 5.74) is 0. The van der Waals surface area contributed by atoms with Gasteiger partial charge in [0, 0.05) is 12.8 Å². The molecule has 1 aromatic heterocycles. The van der Waals surface area contributed by atoms with Crippen LogP contribution >= 0.6 is 0 Å². The van der Waals surface area contributed by atoms with Gasteiger partial charge < -0.3 is 14.8 Å². The third-order valence-corrected chi connectivity index (χ3v) is 3.25. The van der Waals surface area contributed by atoms with E-state index in [1.165, 1.54) is 0 Å².